The summed E-state index contributed by atoms with van der Waals surface area (Å²) in [6.07, 6.45) is 2.29. The SMILES string of the molecule is Cc1cc(F)ccc1S(=O)(=O)NCC(Br)C1CC1. The first-order valence-corrected chi connectivity index (χ1v) is 8.20. The van der Waals surface area contributed by atoms with Crippen molar-refractivity contribution in [2.24, 2.45) is 5.92 Å². The summed E-state index contributed by atoms with van der Waals surface area (Å²) in [6, 6.07) is 3.68. The van der Waals surface area contributed by atoms with Gasteiger partial charge in [-0.1, -0.05) is 15.9 Å². The van der Waals surface area contributed by atoms with Gasteiger partial charge in [-0.15, -0.1) is 0 Å². The number of aryl methyl sites for hydroxylation is 1. The van der Waals surface area contributed by atoms with E-state index in [1.807, 2.05) is 0 Å². The molecule has 1 atom stereocenters. The fraction of sp³-hybridized carbons (Fsp3) is 0.500. The topological polar surface area (TPSA) is 46.2 Å². The summed E-state index contributed by atoms with van der Waals surface area (Å²) < 4.78 is 39.6. The van der Waals surface area contributed by atoms with Crippen molar-refractivity contribution in [2.45, 2.75) is 29.5 Å². The molecule has 1 aromatic rings. The maximum Gasteiger partial charge on any atom is 0.240 e. The summed E-state index contributed by atoms with van der Waals surface area (Å²) in [7, 11) is -3.56. The van der Waals surface area contributed by atoms with E-state index >= 15 is 0 Å². The van der Waals surface area contributed by atoms with E-state index in [0.717, 1.165) is 18.9 Å². The van der Waals surface area contributed by atoms with Gasteiger partial charge in [0, 0.05) is 11.4 Å². The summed E-state index contributed by atoms with van der Waals surface area (Å²) in [5.41, 5.74) is 0.417. The normalized spacial score (nSPS) is 17.7. The number of nitrogens with one attached hydrogen (secondary N) is 1. The fourth-order valence-corrected chi connectivity index (χ4v) is 4.00. The molecular weight excluding hydrogens is 321 g/mol. The van der Waals surface area contributed by atoms with Gasteiger partial charge in [0.1, 0.15) is 5.82 Å². The Kier molecular flexibility index (Phi) is 4.08. The molecule has 1 aliphatic carbocycles. The third-order valence-corrected chi connectivity index (χ3v) is 5.68. The lowest BCUT2D eigenvalue weighted by atomic mass is 10.2. The second kappa shape index (κ2) is 5.27. The average Bonchev–Trinajstić information content (AvgIpc) is 3.09. The van der Waals surface area contributed by atoms with Gasteiger partial charge in [-0.2, -0.15) is 0 Å². The monoisotopic (exact) mass is 335 g/mol. The van der Waals surface area contributed by atoms with E-state index < -0.39 is 15.8 Å². The molecule has 2 rings (SSSR count). The Morgan fingerprint density at radius 1 is 1.50 bits per heavy atom. The third-order valence-electron chi connectivity index (χ3n) is 3.03. The quantitative estimate of drug-likeness (QED) is 0.840. The van der Waals surface area contributed by atoms with Crippen LogP contribution in [0.2, 0.25) is 0 Å². The van der Waals surface area contributed by atoms with Crippen LogP contribution in [0.3, 0.4) is 0 Å². The van der Waals surface area contributed by atoms with E-state index in [9.17, 15) is 12.8 Å². The average molecular weight is 336 g/mol. The molecule has 18 heavy (non-hydrogen) atoms. The number of hydrogen-bond acceptors (Lipinski definition) is 2. The van der Waals surface area contributed by atoms with Crippen LogP contribution in [0.15, 0.2) is 23.1 Å². The number of sulfonamides is 1. The molecule has 3 nitrogen and oxygen atoms in total. The van der Waals surface area contributed by atoms with E-state index in [0.29, 0.717) is 18.0 Å². The van der Waals surface area contributed by atoms with Crippen LogP contribution in [-0.4, -0.2) is 19.8 Å². The van der Waals surface area contributed by atoms with Crippen molar-refractivity contribution in [1.82, 2.24) is 4.72 Å². The highest BCUT2D eigenvalue weighted by Gasteiger charge is 2.30. The number of hydrogen-bond donors (Lipinski definition) is 1. The summed E-state index contributed by atoms with van der Waals surface area (Å²) in [5.74, 6) is 0.143. The van der Waals surface area contributed by atoms with Gasteiger partial charge in [-0.3, -0.25) is 0 Å². The van der Waals surface area contributed by atoms with Crippen molar-refractivity contribution in [3.8, 4) is 0 Å². The minimum atomic E-state index is -3.56. The maximum absolute atomic E-state index is 12.9. The van der Waals surface area contributed by atoms with Gasteiger partial charge in [-0.05, 0) is 49.4 Å². The number of halogens is 2. The van der Waals surface area contributed by atoms with Crippen LogP contribution in [0.1, 0.15) is 18.4 Å². The standard InChI is InChI=1S/C12H15BrFNO2S/c1-8-6-10(14)4-5-12(8)18(16,17)15-7-11(13)9-2-3-9/h4-6,9,11,15H,2-3,7H2,1H3. The van der Waals surface area contributed by atoms with E-state index in [4.69, 9.17) is 0 Å². The lowest BCUT2D eigenvalue weighted by molar-refractivity contribution is 0.576. The van der Waals surface area contributed by atoms with Crippen molar-refractivity contribution in [3.63, 3.8) is 0 Å². The highest BCUT2D eigenvalue weighted by Crippen LogP contribution is 2.36. The summed E-state index contributed by atoms with van der Waals surface area (Å²) >= 11 is 3.47. The highest BCUT2D eigenvalue weighted by molar-refractivity contribution is 9.09. The molecule has 0 saturated heterocycles. The molecule has 0 spiro atoms. The second-order valence-corrected chi connectivity index (χ2v) is 7.53. The molecule has 1 aliphatic rings. The summed E-state index contributed by atoms with van der Waals surface area (Å²) in [4.78, 5) is 0.312. The summed E-state index contributed by atoms with van der Waals surface area (Å²) in [5, 5.41) is 0. The largest absolute Gasteiger partial charge is 0.240 e. The number of alkyl halides is 1. The van der Waals surface area contributed by atoms with Gasteiger partial charge in [0.25, 0.3) is 0 Å². The molecule has 0 aromatic heterocycles. The molecule has 1 fully saturated rings. The van der Waals surface area contributed by atoms with E-state index in [-0.39, 0.29) is 9.72 Å². The molecule has 0 heterocycles. The first kappa shape index (κ1) is 14.0. The fourth-order valence-electron chi connectivity index (χ4n) is 1.81. The van der Waals surface area contributed by atoms with Crippen LogP contribution in [-0.2, 0) is 10.0 Å². The Labute approximate surface area is 115 Å². The van der Waals surface area contributed by atoms with Gasteiger partial charge >= 0.3 is 0 Å². The Morgan fingerprint density at radius 2 is 2.17 bits per heavy atom. The molecule has 0 amide bonds. The van der Waals surface area contributed by atoms with Crippen molar-refractivity contribution in [3.05, 3.63) is 29.6 Å². The molecular formula is C12H15BrFNO2S. The van der Waals surface area contributed by atoms with Gasteiger partial charge in [0.15, 0.2) is 0 Å². The minimum Gasteiger partial charge on any atom is -0.210 e. The molecule has 6 heteroatoms. The van der Waals surface area contributed by atoms with E-state index in [1.165, 1.54) is 12.1 Å². The van der Waals surface area contributed by atoms with Crippen LogP contribution >= 0.6 is 15.9 Å². The Bertz CT molecular complexity index is 543. The van der Waals surface area contributed by atoms with Crippen LogP contribution in [0.5, 0.6) is 0 Å². The van der Waals surface area contributed by atoms with Gasteiger partial charge in [0.05, 0.1) is 4.90 Å². The zero-order valence-electron chi connectivity index (χ0n) is 9.99. The van der Waals surface area contributed by atoms with Gasteiger partial charge < -0.3 is 0 Å². The first-order valence-electron chi connectivity index (χ1n) is 5.80. The smallest absolute Gasteiger partial charge is 0.210 e. The van der Waals surface area contributed by atoms with Crippen molar-refractivity contribution < 1.29 is 12.8 Å². The molecule has 0 radical (unpaired) electrons. The van der Waals surface area contributed by atoms with Crippen molar-refractivity contribution >= 4 is 26.0 Å². The van der Waals surface area contributed by atoms with Crippen LogP contribution in [0.25, 0.3) is 0 Å². The minimum absolute atomic E-state index is 0.138. The summed E-state index contributed by atoms with van der Waals surface area (Å²) in [6.45, 7) is 1.95. The third kappa shape index (κ3) is 3.30. The molecule has 100 valence electrons. The molecule has 0 aliphatic heterocycles. The highest BCUT2D eigenvalue weighted by atomic mass is 79.9. The van der Waals surface area contributed by atoms with Crippen LogP contribution in [0, 0.1) is 18.7 Å². The zero-order valence-corrected chi connectivity index (χ0v) is 12.4. The van der Waals surface area contributed by atoms with Gasteiger partial charge in [0.2, 0.25) is 10.0 Å². The Morgan fingerprint density at radius 3 is 2.72 bits per heavy atom. The zero-order chi connectivity index (χ0) is 13.3. The maximum atomic E-state index is 12.9. The Hall–Kier alpha value is -0.460. The number of rotatable bonds is 5. The first-order chi connectivity index (χ1) is 8.40. The molecule has 1 N–H and O–H groups in total. The molecule has 1 saturated carbocycles. The Balaban J connectivity index is 2.09. The number of benzene rings is 1. The van der Waals surface area contributed by atoms with Gasteiger partial charge in [-0.25, -0.2) is 17.5 Å². The van der Waals surface area contributed by atoms with E-state index in [2.05, 4.69) is 20.7 Å². The van der Waals surface area contributed by atoms with Crippen LogP contribution in [0.4, 0.5) is 4.39 Å². The molecule has 1 aromatic carbocycles. The lowest BCUT2D eigenvalue weighted by Gasteiger charge is -2.12. The van der Waals surface area contributed by atoms with Crippen molar-refractivity contribution in [2.75, 3.05) is 6.54 Å². The molecule has 0 bridgehead atoms. The second-order valence-electron chi connectivity index (χ2n) is 4.62. The van der Waals surface area contributed by atoms with Crippen molar-refractivity contribution in [1.29, 1.82) is 0 Å². The predicted octanol–water partition coefficient (Wildman–Crippen LogP) is 2.59. The van der Waals surface area contributed by atoms with Crippen LogP contribution < -0.4 is 4.72 Å². The molecule has 1 unspecified atom stereocenters. The van der Waals surface area contributed by atoms with E-state index in [1.54, 1.807) is 6.92 Å². The predicted molar refractivity (Wildman–Crippen MR) is 71.8 cm³/mol. The lowest BCUT2D eigenvalue weighted by Crippen LogP contribution is -2.31.